The summed E-state index contributed by atoms with van der Waals surface area (Å²) in [5, 5.41) is 27.8. The van der Waals surface area contributed by atoms with Gasteiger partial charge in [-0.05, 0) is 37.4 Å². The molecular formula is C22H22ClN5O4. The number of amides is 1. The normalized spacial score (nSPS) is 13.4. The average molecular weight is 456 g/mol. The number of pyridine rings is 1. The van der Waals surface area contributed by atoms with Gasteiger partial charge in [0.15, 0.2) is 5.65 Å². The molecule has 4 rings (SSSR count). The van der Waals surface area contributed by atoms with E-state index in [-0.39, 0.29) is 11.6 Å². The summed E-state index contributed by atoms with van der Waals surface area (Å²) in [5.41, 5.74) is 1.34. The second-order valence-electron chi connectivity index (χ2n) is 7.57. The minimum absolute atomic E-state index is 0.149. The van der Waals surface area contributed by atoms with E-state index in [2.05, 4.69) is 15.4 Å². The molecule has 4 aromatic rings. The Morgan fingerprint density at radius 1 is 1.31 bits per heavy atom. The van der Waals surface area contributed by atoms with Gasteiger partial charge in [0, 0.05) is 18.1 Å². The number of nitrogens with zero attached hydrogens (tertiary/aromatic N) is 4. The van der Waals surface area contributed by atoms with Crippen molar-refractivity contribution >= 4 is 33.9 Å². The molecule has 0 radical (unpaired) electrons. The van der Waals surface area contributed by atoms with E-state index >= 15 is 0 Å². The van der Waals surface area contributed by atoms with Crippen LogP contribution in [-0.2, 0) is 6.54 Å². The van der Waals surface area contributed by atoms with Gasteiger partial charge in [0.25, 0.3) is 11.5 Å². The van der Waals surface area contributed by atoms with Gasteiger partial charge in [-0.3, -0.25) is 9.59 Å². The Morgan fingerprint density at radius 3 is 2.84 bits per heavy atom. The fraction of sp³-hybridized carbons (Fsp3) is 0.273. The van der Waals surface area contributed by atoms with Crippen LogP contribution < -0.4 is 10.9 Å². The maximum atomic E-state index is 13.2. The van der Waals surface area contributed by atoms with Gasteiger partial charge in [-0.1, -0.05) is 23.7 Å². The second-order valence-corrected chi connectivity index (χ2v) is 7.98. The summed E-state index contributed by atoms with van der Waals surface area (Å²) in [5.74, 6) is -0.392. The van der Waals surface area contributed by atoms with Gasteiger partial charge >= 0.3 is 0 Å². The summed E-state index contributed by atoms with van der Waals surface area (Å²) in [7, 11) is 0. The number of aliphatic hydroxyl groups excluding tert-OH is 2. The molecule has 0 fully saturated rings. The van der Waals surface area contributed by atoms with Crippen LogP contribution in [-0.4, -0.2) is 48.0 Å². The molecular weight excluding hydrogens is 434 g/mol. The zero-order chi connectivity index (χ0) is 23.0. The summed E-state index contributed by atoms with van der Waals surface area (Å²) in [6.45, 7) is 2.79. The molecule has 0 bridgehead atoms. The molecule has 166 valence electrons. The minimum Gasteiger partial charge on any atom is -0.394 e. The molecule has 3 aromatic heterocycles. The zero-order valence-corrected chi connectivity index (χ0v) is 18.2. The first-order valence-electron chi connectivity index (χ1n) is 10.0. The second kappa shape index (κ2) is 8.70. The zero-order valence-electron chi connectivity index (χ0n) is 17.5. The topological polar surface area (TPSA) is 122 Å². The Labute approximate surface area is 187 Å². The maximum Gasteiger partial charge on any atom is 0.260 e. The highest BCUT2D eigenvalue weighted by atomic mass is 35.5. The van der Waals surface area contributed by atoms with Gasteiger partial charge in [-0.25, -0.2) is 9.50 Å². The Kier molecular flexibility index (Phi) is 5.96. The number of aromatic nitrogens is 4. The van der Waals surface area contributed by atoms with Crippen LogP contribution in [0.15, 0.2) is 47.5 Å². The van der Waals surface area contributed by atoms with Gasteiger partial charge < -0.3 is 20.1 Å². The van der Waals surface area contributed by atoms with Crippen LogP contribution in [0, 0.1) is 6.92 Å². The Morgan fingerprint density at radius 2 is 2.09 bits per heavy atom. The first-order valence-corrected chi connectivity index (χ1v) is 10.4. The molecule has 1 unspecified atom stereocenters. The van der Waals surface area contributed by atoms with Crippen molar-refractivity contribution in [2.24, 2.45) is 0 Å². The molecule has 32 heavy (non-hydrogen) atoms. The van der Waals surface area contributed by atoms with Crippen LogP contribution in [0.2, 0.25) is 5.02 Å². The summed E-state index contributed by atoms with van der Waals surface area (Å²) in [6, 6.07) is 7.96. The third-order valence-electron chi connectivity index (χ3n) is 5.31. The van der Waals surface area contributed by atoms with Crippen molar-refractivity contribution in [2.45, 2.75) is 32.5 Å². The quantitative estimate of drug-likeness (QED) is 0.408. The largest absolute Gasteiger partial charge is 0.394 e. The SMILES string of the molecule is Cc1nn2cccnc2c1C(=O)N[C@@H](C)c1cc2cccc(Cl)c2c(=O)n1CC(O)CO. The number of hydrogen-bond acceptors (Lipinski definition) is 6. The van der Waals surface area contributed by atoms with Crippen LogP contribution in [0.4, 0.5) is 0 Å². The van der Waals surface area contributed by atoms with Crippen molar-refractivity contribution in [3.05, 3.63) is 75.1 Å². The maximum absolute atomic E-state index is 13.2. The van der Waals surface area contributed by atoms with Crippen LogP contribution in [0.3, 0.4) is 0 Å². The number of carbonyl (C=O) groups is 1. The van der Waals surface area contributed by atoms with Crippen LogP contribution in [0.5, 0.6) is 0 Å². The molecule has 10 heteroatoms. The number of aryl methyl sites for hydroxylation is 1. The standard InChI is InChI=1S/C22H22ClN5O4/c1-12(25-21(31)18-13(2)26-28-8-4-7-24-20(18)28)17-9-14-5-3-6-16(23)19(14)22(32)27(17)10-15(30)11-29/h3-9,12,15,29-30H,10-11H2,1-2H3,(H,25,31)/t12-,15?/m0/s1. The van der Waals surface area contributed by atoms with Crippen LogP contribution >= 0.6 is 11.6 Å². The van der Waals surface area contributed by atoms with Gasteiger partial charge in [-0.15, -0.1) is 0 Å². The van der Waals surface area contributed by atoms with E-state index < -0.39 is 30.2 Å². The van der Waals surface area contributed by atoms with Gasteiger partial charge in [0.1, 0.15) is 5.56 Å². The van der Waals surface area contributed by atoms with Crippen molar-refractivity contribution in [1.82, 2.24) is 24.5 Å². The summed E-state index contributed by atoms with van der Waals surface area (Å²) in [4.78, 5) is 30.6. The van der Waals surface area contributed by atoms with E-state index in [0.717, 1.165) is 0 Å². The Hall–Kier alpha value is -3.27. The lowest BCUT2D eigenvalue weighted by Crippen LogP contribution is -2.36. The first kappa shape index (κ1) is 21.9. The number of aliphatic hydroxyl groups is 2. The van der Waals surface area contributed by atoms with Crippen LogP contribution in [0.1, 0.15) is 34.7 Å². The molecule has 3 N–H and O–H groups in total. The third kappa shape index (κ3) is 3.86. The smallest absolute Gasteiger partial charge is 0.260 e. The molecule has 0 spiro atoms. The molecule has 3 heterocycles. The number of rotatable bonds is 6. The lowest BCUT2D eigenvalue weighted by atomic mass is 10.1. The van der Waals surface area contributed by atoms with E-state index in [1.807, 2.05) is 0 Å². The first-order chi connectivity index (χ1) is 15.3. The van der Waals surface area contributed by atoms with E-state index in [0.29, 0.717) is 33.4 Å². The highest BCUT2D eigenvalue weighted by Gasteiger charge is 2.23. The number of fused-ring (bicyclic) bond motifs is 2. The number of nitrogens with one attached hydrogen (secondary N) is 1. The van der Waals surface area contributed by atoms with Crippen molar-refractivity contribution in [3.8, 4) is 0 Å². The fourth-order valence-corrected chi connectivity index (χ4v) is 4.06. The lowest BCUT2D eigenvalue weighted by molar-refractivity contribution is 0.0791. The van der Waals surface area contributed by atoms with Gasteiger partial charge in [0.05, 0.1) is 41.4 Å². The predicted octanol–water partition coefficient (Wildman–Crippen LogP) is 1.85. The molecule has 0 saturated carbocycles. The molecule has 1 amide bonds. The molecule has 0 aliphatic heterocycles. The highest BCUT2D eigenvalue weighted by molar-refractivity contribution is 6.35. The van der Waals surface area contributed by atoms with Crippen molar-refractivity contribution in [2.75, 3.05) is 6.61 Å². The predicted molar refractivity (Wildman–Crippen MR) is 120 cm³/mol. The van der Waals surface area contributed by atoms with Crippen molar-refractivity contribution in [3.63, 3.8) is 0 Å². The average Bonchev–Trinajstić information content (AvgIpc) is 3.10. The summed E-state index contributed by atoms with van der Waals surface area (Å²) < 4.78 is 2.86. The minimum atomic E-state index is -1.15. The van der Waals surface area contributed by atoms with E-state index in [9.17, 15) is 19.8 Å². The molecule has 0 aliphatic rings. The summed E-state index contributed by atoms with van der Waals surface area (Å²) in [6.07, 6.45) is 2.13. The number of carbonyl (C=O) groups excluding carboxylic acids is 1. The third-order valence-corrected chi connectivity index (χ3v) is 5.63. The van der Waals surface area contributed by atoms with Gasteiger partial charge in [0.2, 0.25) is 0 Å². The van der Waals surface area contributed by atoms with Crippen molar-refractivity contribution < 1.29 is 15.0 Å². The van der Waals surface area contributed by atoms with Crippen molar-refractivity contribution in [1.29, 1.82) is 0 Å². The molecule has 2 atom stereocenters. The van der Waals surface area contributed by atoms with E-state index in [4.69, 9.17) is 11.6 Å². The van der Waals surface area contributed by atoms with Gasteiger partial charge in [-0.2, -0.15) is 5.10 Å². The van der Waals surface area contributed by atoms with E-state index in [1.165, 1.54) is 9.08 Å². The molecule has 9 nitrogen and oxygen atoms in total. The number of hydrogen-bond donors (Lipinski definition) is 3. The Balaban J connectivity index is 1.77. The molecule has 1 aromatic carbocycles. The summed E-state index contributed by atoms with van der Waals surface area (Å²) >= 11 is 6.25. The number of benzene rings is 1. The van der Waals surface area contributed by atoms with E-state index in [1.54, 1.807) is 56.6 Å². The highest BCUT2D eigenvalue weighted by Crippen LogP contribution is 2.24. The lowest BCUT2D eigenvalue weighted by Gasteiger charge is -2.22. The molecule has 0 saturated heterocycles. The fourth-order valence-electron chi connectivity index (χ4n) is 3.80. The monoisotopic (exact) mass is 455 g/mol. The molecule has 0 aliphatic carbocycles. The number of halogens is 1. The van der Waals surface area contributed by atoms with Crippen LogP contribution in [0.25, 0.3) is 16.4 Å². The Bertz CT molecular complexity index is 1380.